The van der Waals surface area contributed by atoms with Crippen LogP contribution in [0.4, 0.5) is 5.69 Å². The number of benzene rings is 1. The number of rotatable bonds is 3. The molecule has 0 bridgehead atoms. The van der Waals surface area contributed by atoms with Crippen LogP contribution in [0.15, 0.2) is 22.7 Å². The normalized spacial score (nSPS) is 21.3. The van der Waals surface area contributed by atoms with Crippen LogP contribution in [-0.4, -0.2) is 36.0 Å². The third-order valence-corrected chi connectivity index (χ3v) is 4.37. The van der Waals surface area contributed by atoms with Crippen molar-refractivity contribution >= 4 is 52.3 Å². The number of nitrogens with one attached hydrogen (secondary N) is 1. The average molecular weight is 397 g/mol. The molecule has 7 heteroatoms. The summed E-state index contributed by atoms with van der Waals surface area (Å²) >= 11 is 3.35. The molecule has 1 aliphatic carbocycles. The van der Waals surface area contributed by atoms with E-state index in [9.17, 15) is 4.79 Å². The molecule has 1 aromatic rings. The van der Waals surface area contributed by atoms with Gasteiger partial charge in [-0.25, -0.2) is 0 Å². The zero-order chi connectivity index (χ0) is 13.4. The molecule has 1 amide bonds. The summed E-state index contributed by atoms with van der Waals surface area (Å²) in [5.74, 6) is -0.0624. The first kappa shape index (κ1) is 18.6. The van der Waals surface area contributed by atoms with Crippen molar-refractivity contribution in [1.82, 2.24) is 10.2 Å². The summed E-state index contributed by atoms with van der Waals surface area (Å²) in [6.45, 7) is 2.08. The van der Waals surface area contributed by atoms with Crippen molar-refractivity contribution in [2.75, 3.05) is 18.8 Å². The van der Waals surface area contributed by atoms with Crippen LogP contribution in [0.25, 0.3) is 0 Å². The first-order chi connectivity index (χ1) is 9.13. The van der Waals surface area contributed by atoms with E-state index in [2.05, 4.69) is 26.1 Å². The Morgan fingerprint density at radius 3 is 2.62 bits per heavy atom. The van der Waals surface area contributed by atoms with Gasteiger partial charge in [0.05, 0.1) is 5.56 Å². The number of nitrogens with zero attached hydrogens (tertiary/aromatic N) is 1. The van der Waals surface area contributed by atoms with Crippen LogP contribution in [0.1, 0.15) is 29.6 Å². The number of likely N-dealkylation sites (tertiary alicyclic amines) is 1. The minimum atomic E-state index is -0.0624. The lowest BCUT2D eigenvalue weighted by atomic mass is 10.1. The van der Waals surface area contributed by atoms with Crippen molar-refractivity contribution in [1.29, 1.82) is 0 Å². The smallest absolute Gasteiger partial charge is 0.253 e. The molecule has 21 heavy (non-hydrogen) atoms. The van der Waals surface area contributed by atoms with Crippen LogP contribution in [0.3, 0.4) is 0 Å². The van der Waals surface area contributed by atoms with Crippen molar-refractivity contribution in [3.05, 3.63) is 28.2 Å². The van der Waals surface area contributed by atoms with Gasteiger partial charge < -0.3 is 11.1 Å². The summed E-state index contributed by atoms with van der Waals surface area (Å²) in [6, 6.07) is 6.41. The Morgan fingerprint density at radius 2 is 2.00 bits per heavy atom. The molecule has 3 rings (SSSR count). The van der Waals surface area contributed by atoms with Gasteiger partial charge >= 0.3 is 0 Å². The van der Waals surface area contributed by atoms with Crippen molar-refractivity contribution in [3.8, 4) is 0 Å². The third kappa shape index (κ3) is 4.49. The summed E-state index contributed by atoms with van der Waals surface area (Å²) in [5.41, 5.74) is 6.96. The first-order valence-corrected chi connectivity index (χ1v) is 7.53. The molecule has 2 aliphatic rings. The van der Waals surface area contributed by atoms with Gasteiger partial charge in [0.2, 0.25) is 0 Å². The van der Waals surface area contributed by atoms with E-state index < -0.39 is 0 Å². The number of carbonyl (C=O) groups excluding carboxylic acids is 1. The number of anilines is 1. The SMILES string of the molecule is Cl.Cl.Nc1cc(Br)ccc1C(=O)NC1CCN(C2CC2)C1. The van der Waals surface area contributed by atoms with Gasteiger partial charge in [-0.05, 0) is 37.5 Å². The second-order valence-corrected chi connectivity index (χ2v) is 6.33. The highest BCUT2D eigenvalue weighted by molar-refractivity contribution is 9.10. The summed E-state index contributed by atoms with van der Waals surface area (Å²) < 4.78 is 0.891. The van der Waals surface area contributed by atoms with E-state index in [-0.39, 0.29) is 36.8 Å². The molecular weight excluding hydrogens is 377 g/mol. The molecule has 3 N–H and O–H groups in total. The number of nitrogens with two attached hydrogens (primary N) is 1. The molecule has 1 atom stereocenters. The minimum Gasteiger partial charge on any atom is -0.398 e. The Balaban J connectivity index is 0.00000110. The predicted octanol–water partition coefficient (Wildman–Crippen LogP) is 2.84. The Morgan fingerprint density at radius 1 is 1.29 bits per heavy atom. The van der Waals surface area contributed by atoms with Crippen molar-refractivity contribution in [2.24, 2.45) is 0 Å². The fraction of sp³-hybridized carbons (Fsp3) is 0.500. The third-order valence-electron chi connectivity index (χ3n) is 3.88. The lowest BCUT2D eigenvalue weighted by Crippen LogP contribution is -2.37. The van der Waals surface area contributed by atoms with Gasteiger partial charge in [-0.2, -0.15) is 0 Å². The van der Waals surface area contributed by atoms with E-state index in [0.717, 1.165) is 30.0 Å². The molecule has 1 aliphatic heterocycles. The molecule has 1 saturated heterocycles. The molecule has 2 fully saturated rings. The zero-order valence-corrected chi connectivity index (χ0v) is 14.8. The second-order valence-electron chi connectivity index (χ2n) is 5.42. The lowest BCUT2D eigenvalue weighted by molar-refractivity contribution is 0.0938. The van der Waals surface area contributed by atoms with Gasteiger partial charge in [-0.1, -0.05) is 15.9 Å². The molecule has 0 radical (unpaired) electrons. The van der Waals surface area contributed by atoms with Gasteiger partial charge in [-0.3, -0.25) is 9.69 Å². The first-order valence-electron chi connectivity index (χ1n) is 6.73. The topological polar surface area (TPSA) is 58.4 Å². The monoisotopic (exact) mass is 395 g/mol. The van der Waals surface area contributed by atoms with Crippen LogP contribution in [0, 0.1) is 0 Å². The van der Waals surface area contributed by atoms with E-state index in [1.54, 1.807) is 12.1 Å². The van der Waals surface area contributed by atoms with E-state index in [4.69, 9.17) is 5.73 Å². The van der Waals surface area contributed by atoms with Crippen LogP contribution < -0.4 is 11.1 Å². The average Bonchev–Trinajstić information content (AvgIpc) is 3.10. The van der Waals surface area contributed by atoms with E-state index >= 15 is 0 Å². The van der Waals surface area contributed by atoms with Gasteiger partial charge in [0.1, 0.15) is 0 Å². The van der Waals surface area contributed by atoms with Crippen LogP contribution in [0.5, 0.6) is 0 Å². The van der Waals surface area contributed by atoms with Crippen LogP contribution in [0.2, 0.25) is 0 Å². The molecule has 4 nitrogen and oxygen atoms in total. The molecule has 118 valence electrons. The zero-order valence-electron chi connectivity index (χ0n) is 11.5. The number of hydrogen-bond donors (Lipinski definition) is 2. The minimum absolute atomic E-state index is 0. The maximum Gasteiger partial charge on any atom is 0.253 e. The van der Waals surface area contributed by atoms with Gasteiger partial charge in [0, 0.05) is 35.3 Å². The standard InChI is InChI=1S/C14H18BrN3O.2ClH/c15-9-1-4-12(13(16)7-9)14(19)17-10-5-6-18(8-10)11-2-3-11;;/h1,4,7,10-11H,2-3,5-6,8,16H2,(H,17,19);2*1H. The largest absolute Gasteiger partial charge is 0.398 e. The van der Waals surface area contributed by atoms with Crippen molar-refractivity contribution in [2.45, 2.75) is 31.3 Å². The van der Waals surface area contributed by atoms with Crippen LogP contribution >= 0.6 is 40.7 Å². The summed E-state index contributed by atoms with van der Waals surface area (Å²) in [6.07, 6.45) is 3.68. The maximum atomic E-state index is 12.2. The number of hydrogen-bond acceptors (Lipinski definition) is 3. The van der Waals surface area contributed by atoms with E-state index in [0.29, 0.717) is 11.3 Å². The fourth-order valence-electron chi connectivity index (χ4n) is 2.68. The van der Waals surface area contributed by atoms with Crippen molar-refractivity contribution < 1.29 is 4.79 Å². The highest BCUT2D eigenvalue weighted by Crippen LogP contribution is 2.30. The highest BCUT2D eigenvalue weighted by Gasteiger charge is 2.34. The van der Waals surface area contributed by atoms with Gasteiger partial charge in [0.15, 0.2) is 0 Å². The molecule has 0 aromatic heterocycles. The highest BCUT2D eigenvalue weighted by atomic mass is 79.9. The fourth-order valence-corrected chi connectivity index (χ4v) is 3.06. The number of amides is 1. The molecule has 0 spiro atoms. The number of carbonyl (C=O) groups is 1. The molecule has 1 aromatic carbocycles. The van der Waals surface area contributed by atoms with Gasteiger partial charge in [-0.15, -0.1) is 24.8 Å². The Labute approximate surface area is 145 Å². The number of nitrogen functional groups attached to an aromatic ring is 1. The predicted molar refractivity (Wildman–Crippen MR) is 93.5 cm³/mol. The molecule has 1 saturated carbocycles. The quantitative estimate of drug-likeness (QED) is 0.772. The Kier molecular flexibility index (Phi) is 6.78. The number of halogens is 3. The summed E-state index contributed by atoms with van der Waals surface area (Å²) in [4.78, 5) is 14.7. The van der Waals surface area contributed by atoms with E-state index in [1.165, 1.54) is 12.8 Å². The molecule has 1 heterocycles. The lowest BCUT2D eigenvalue weighted by Gasteiger charge is -2.16. The van der Waals surface area contributed by atoms with Gasteiger partial charge in [0.25, 0.3) is 5.91 Å². The van der Waals surface area contributed by atoms with E-state index in [1.807, 2.05) is 6.07 Å². The Bertz CT molecular complexity index is 511. The van der Waals surface area contributed by atoms with Crippen molar-refractivity contribution in [3.63, 3.8) is 0 Å². The molecule has 1 unspecified atom stereocenters. The Hall–Kier alpha value is -0.490. The van der Waals surface area contributed by atoms with Crippen LogP contribution in [-0.2, 0) is 0 Å². The summed E-state index contributed by atoms with van der Waals surface area (Å²) in [5, 5.41) is 3.09. The molecular formula is C14H20BrCl2N3O. The summed E-state index contributed by atoms with van der Waals surface area (Å²) in [7, 11) is 0. The maximum absolute atomic E-state index is 12.2. The second kappa shape index (κ2) is 7.68.